The minimum absolute atomic E-state index is 0.161. The van der Waals surface area contributed by atoms with Gasteiger partial charge in [0, 0.05) is 34.4 Å². The molecule has 1 aliphatic rings. The zero-order chi connectivity index (χ0) is 35.7. The summed E-state index contributed by atoms with van der Waals surface area (Å²) in [5.74, 6) is -1.75. The van der Waals surface area contributed by atoms with Crippen molar-refractivity contribution in [1.29, 1.82) is 0 Å². The highest BCUT2D eigenvalue weighted by Gasteiger charge is 2.48. The van der Waals surface area contributed by atoms with Crippen LogP contribution in [-0.2, 0) is 5.79 Å². The first-order valence-electron chi connectivity index (χ1n) is 16.5. The summed E-state index contributed by atoms with van der Waals surface area (Å²) in [5.41, 5.74) is 4.86. The van der Waals surface area contributed by atoms with Crippen molar-refractivity contribution in [3.05, 3.63) is 207 Å². The van der Waals surface area contributed by atoms with E-state index in [9.17, 15) is 20.2 Å². The third kappa shape index (κ3) is 5.44. The zero-order valence-corrected chi connectivity index (χ0v) is 27.5. The van der Waals surface area contributed by atoms with Crippen molar-refractivity contribution in [2.24, 2.45) is 9.98 Å². The monoisotopic (exact) mass is 680 g/mol. The van der Waals surface area contributed by atoms with Crippen molar-refractivity contribution in [2.45, 2.75) is 5.79 Å². The Bertz CT molecular complexity index is 2460. The molecule has 0 unspecified atom stereocenters. The van der Waals surface area contributed by atoms with Crippen LogP contribution in [0.15, 0.2) is 180 Å². The number of nitrogens with zero attached hydrogens (tertiary/aromatic N) is 6. The van der Waals surface area contributed by atoms with Crippen LogP contribution >= 0.6 is 0 Å². The maximum Gasteiger partial charge on any atom is 0.280 e. The van der Waals surface area contributed by atoms with Gasteiger partial charge in [-0.25, -0.2) is 15.0 Å². The number of hydrogen-bond acceptors (Lipinski definition) is 7. The largest absolute Gasteiger partial charge is 0.280 e. The average molecular weight is 681 g/mol. The average Bonchev–Trinajstić information content (AvgIpc) is 3.81. The van der Waals surface area contributed by atoms with Crippen molar-refractivity contribution >= 4 is 22.8 Å². The molecule has 0 saturated heterocycles. The molecule has 250 valence electrons. The van der Waals surface area contributed by atoms with E-state index in [1.54, 1.807) is 41.0 Å². The maximum atomic E-state index is 12.9. The van der Waals surface area contributed by atoms with Gasteiger partial charge < -0.3 is 0 Å². The van der Waals surface area contributed by atoms with Gasteiger partial charge >= 0.3 is 0 Å². The molecule has 2 heterocycles. The summed E-state index contributed by atoms with van der Waals surface area (Å²) in [6.45, 7) is 0. The summed E-state index contributed by atoms with van der Waals surface area (Å²) in [6, 6.07) is 50.7. The lowest BCUT2D eigenvalue weighted by Crippen LogP contribution is -2.32. The minimum Gasteiger partial charge on any atom is -0.274 e. The predicted molar refractivity (Wildman–Crippen MR) is 201 cm³/mol. The van der Waals surface area contributed by atoms with E-state index in [1.165, 1.54) is 12.1 Å². The fourth-order valence-electron chi connectivity index (χ4n) is 6.68. The lowest BCUT2D eigenvalue weighted by molar-refractivity contribution is -0.386. The second-order valence-electron chi connectivity index (χ2n) is 12.0. The van der Waals surface area contributed by atoms with Crippen molar-refractivity contribution < 1.29 is 9.85 Å². The van der Waals surface area contributed by atoms with E-state index in [0.29, 0.717) is 28.4 Å². The highest BCUT2D eigenvalue weighted by atomic mass is 16.6. The molecule has 0 N–H and O–H groups in total. The molecule has 0 amide bonds. The van der Waals surface area contributed by atoms with E-state index in [4.69, 9.17) is 15.0 Å². The lowest BCUT2D eigenvalue weighted by atomic mass is 10.0. The molecular weight excluding hydrogens is 652 g/mol. The summed E-state index contributed by atoms with van der Waals surface area (Å²) in [6.07, 6.45) is 0. The number of aromatic nitrogens is 2. The van der Waals surface area contributed by atoms with Crippen molar-refractivity contribution in [1.82, 2.24) is 9.55 Å². The number of nitro benzene ring substituents is 2. The molecule has 0 fully saturated rings. The maximum absolute atomic E-state index is 12.9. The van der Waals surface area contributed by atoms with E-state index >= 15 is 0 Å². The van der Waals surface area contributed by atoms with Gasteiger partial charge in [-0.2, -0.15) is 0 Å². The number of hydrogen-bond donors (Lipinski definition) is 0. The van der Waals surface area contributed by atoms with Crippen LogP contribution in [0.2, 0.25) is 0 Å². The smallest absolute Gasteiger partial charge is 0.274 e. The van der Waals surface area contributed by atoms with Gasteiger partial charge in [0.1, 0.15) is 5.56 Å². The Morgan fingerprint density at radius 1 is 0.481 bits per heavy atom. The van der Waals surface area contributed by atoms with Crippen LogP contribution in [0, 0.1) is 20.2 Å². The third-order valence-corrected chi connectivity index (χ3v) is 8.94. The molecule has 0 radical (unpaired) electrons. The van der Waals surface area contributed by atoms with Gasteiger partial charge in [-0.1, -0.05) is 146 Å². The summed E-state index contributed by atoms with van der Waals surface area (Å²) < 4.78 is 1.74. The molecule has 1 aliphatic heterocycles. The molecule has 0 spiro atoms. The molecule has 0 bridgehead atoms. The third-order valence-electron chi connectivity index (χ3n) is 8.94. The summed E-state index contributed by atoms with van der Waals surface area (Å²) >= 11 is 0. The Hall–Kier alpha value is -7.33. The van der Waals surface area contributed by atoms with E-state index in [0.717, 1.165) is 16.7 Å². The van der Waals surface area contributed by atoms with Crippen molar-refractivity contribution in [2.75, 3.05) is 0 Å². The van der Waals surface area contributed by atoms with Gasteiger partial charge in [0.2, 0.25) is 0 Å². The number of para-hydroxylation sites is 2. The zero-order valence-electron chi connectivity index (χ0n) is 27.5. The molecule has 10 heteroatoms. The SMILES string of the molecule is O=[N+]([O-])c1ccccc1-c1nc(-c2ccccc2)c(-c2ccccc2)n1C1(c2ccccc2[N+](=O)[O-])N=C(c2ccccc2)C(c2ccccc2)=N1. The van der Waals surface area contributed by atoms with Gasteiger partial charge in [-0.3, -0.25) is 24.8 Å². The fraction of sp³-hybridized carbons (Fsp3) is 0.0238. The normalized spacial score (nSPS) is 13.3. The number of imidazole rings is 1. The van der Waals surface area contributed by atoms with Gasteiger partial charge in [0.05, 0.1) is 38.2 Å². The van der Waals surface area contributed by atoms with Crippen LogP contribution < -0.4 is 0 Å². The second kappa shape index (κ2) is 13.2. The second-order valence-corrected chi connectivity index (χ2v) is 12.0. The summed E-state index contributed by atoms with van der Waals surface area (Å²) in [4.78, 5) is 40.8. The van der Waals surface area contributed by atoms with Crippen LogP contribution in [0.3, 0.4) is 0 Å². The first-order chi connectivity index (χ1) is 25.5. The first-order valence-corrected chi connectivity index (χ1v) is 16.5. The Morgan fingerprint density at radius 3 is 1.42 bits per heavy atom. The molecule has 1 aromatic heterocycles. The van der Waals surface area contributed by atoms with Crippen molar-refractivity contribution in [3.63, 3.8) is 0 Å². The molecule has 10 nitrogen and oxygen atoms in total. The van der Waals surface area contributed by atoms with Gasteiger partial charge in [0.25, 0.3) is 17.2 Å². The van der Waals surface area contributed by atoms with Crippen LogP contribution in [-0.4, -0.2) is 30.8 Å². The molecule has 0 atom stereocenters. The van der Waals surface area contributed by atoms with Gasteiger partial charge in [-0.05, 0) is 12.1 Å². The quantitative estimate of drug-likeness (QED) is 0.111. The Morgan fingerprint density at radius 2 is 0.904 bits per heavy atom. The molecule has 0 saturated carbocycles. The van der Waals surface area contributed by atoms with Crippen LogP contribution in [0.1, 0.15) is 16.7 Å². The Balaban J connectivity index is 1.62. The highest BCUT2D eigenvalue weighted by Crippen LogP contribution is 2.49. The predicted octanol–water partition coefficient (Wildman–Crippen LogP) is 9.35. The van der Waals surface area contributed by atoms with E-state index in [2.05, 4.69) is 0 Å². The van der Waals surface area contributed by atoms with E-state index in [-0.39, 0.29) is 28.3 Å². The van der Waals surface area contributed by atoms with Crippen LogP contribution in [0.25, 0.3) is 33.9 Å². The van der Waals surface area contributed by atoms with Crippen molar-refractivity contribution in [3.8, 4) is 33.9 Å². The van der Waals surface area contributed by atoms with E-state index in [1.807, 2.05) is 121 Å². The molecule has 52 heavy (non-hydrogen) atoms. The summed E-state index contributed by atoms with van der Waals surface area (Å²) in [5, 5.41) is 25.6. The molecular formula is C42H28N6O4. The molecule has 6 aromatic carbocycles. The number of rotatable bonds is 9. The highest BCUT2D eigenvalue weighted by molar-refractivity contribution is 6.54. The molecule has 0 aliphatic carbocycles. The van der Waals surface area contributed by atoms with Crippen LogP contribution in [0.5, 0.6) is 0 Å². The first kappa shape index (κ1) is 31.9. The Kier molecular flexibility index (Phi) is 8.09. The fourth-order valence-corrected chi connectivity index (χ4v) is 6.68. The number of aliphatic imine (C=N–C) groups is 2. The van der Waals surface area contributed by atoms with E-state index < -0.39 is 15.6 Å². The molecule has 8 rings (SSSR count). The topological polar surface area (TPSA) is 129 Å². The number of benzene rings is 6. The van der Waals surface area contributed by atoms with Gasteiger partial charge in [0.15, 0.2) is 5.82 Å². The summed E-state index contributed by atoms with van der Waals surface area (Å²) in [7, 11) is 0. The number of nitro groups is 2. The van der Waals surface area contributed by atoms with Gasteiger partial charge in [-0.15, -0.1) is 0 Å². The standard InChI is InChI=1S/C42H28N6O4/c49-47(50)35-27-15-13-25-33(35)41-43-39(31-21-9-3-10-22-31)40(32-23-11-4-12-24-32)46(41)42(34-26-14-16-28-36(34)48(51)52)44-37(29-17-5-1-6-18-29)38(45-42)30-19-7-2-8-20-30/h1-28H. The Labute approximate surface area is 298 Å². The molecule has 7 aromatic rings. The minimum atomic E-state index is -1.91. The van der Waals surface area contributed by atoms with Crippen LogP contribution in [0.4, 0.5) is 11.4 Å². The lowest BCUT2D eigenvalue weighted by Gasteiger charge is -2.29.